The maximum atomic E-state index is 10.9. The summed E-state index contributed by atoms with van der Waals surface area (Å²) in [4.78, 5) is 0. The fourth-order valence-corrected chi connectivity index (χ4v) is 5.07. The number of hydrogen-bond acceptors (Lipinski definition) is 5. The molecule has 0 aliphatic carbocycles. The number of rotatable bonds is 5. The van der Waals surface area contributed by atoms with Crippen LogP contribution in [0.2, 0.25) is 5.02 Å². The summed E-state index contributed by atoms with van der Waals surface area (Å²) in [6.07, 6.45) is -2.05. The lowest BCUT2D eigenvalue weighted by Crippen LogP contribution is -2.50. The molecule has 0 aromatic heterocycles. The van der Waals surface area contributed by atoms with Crippen molar-refractivity contribution in [2.24, 2.45) is 5.92 Å². The summed E-state index contributed by atoms with van der Waals surface area (Å²) in [7, 11) is 0. The van der Waals surface area contributed by atoms with Crippen molar-refractivity contribution in [1.82, 2.24) is 0 Å². The molecule has 1 unspecified atom stereocenters. The van der Waals surface area contributed by atoms with E-state index in [1.54, 1.807) is 6.92 Å². The number of fused-ring (bicyclic) bond motifs is 1. The second-order valence-electron chi connectivity index (χ2n) is 9.57. The van der Waals surface area contributed by atoms with E-state index in [2.05, 4.69) is 38.1 Å². The Hall–Kier alpha value is -1.63. The van der Waals surface area contributed by atoms with Gasteiger partial charge in [-0.25, -0.2) is 0 Å². The summed E-state index contributed by atoms with van der Waals surface area (Å²) in [5, 5.41) is 31.7. The third-order valence-electron chi connectivity index (χ3n) is 6.84. The first-order chi connectivity index (χ1) is 15.2. The minimum absolute atomic E-state index is 0.0285. The van der Waals surface area contributed by atoms with Gasteiger partial charge in [0.1, 0.15) is 24.1 Å². The van der Waals surface area contributed by atoms with Gasteiger partial charge >= 0.3 is 0 Å². The maximum Gasteiger partial charge on any atom is 0.130 e. The van der Waals surface area contributed by atoms with Crippen molar-refractivity contribution in [2.45, 2.75) is 77.0 Å². The average molecular weight is 461 g/mol. The first kappa shape index (κ1) is 23.5. The van der Waals surface area contributed by atoms with E-state index in [0.717, 1.165) is 22.3 Å². The van der Waals surface area contributed by atoms with Crippen molar-refractivity contribution in [3.05, 3.63) is 63.2 Å². The molecule has 174 valence electrons. The topological polar surface area (TPSA) is 79.2 Å². The quantitative estimate of drug-likeness (QED) is 0.624. The molecule has 2 heterocycles. The summed E-state index contributed by atoms with van der Waals surface area (Å²) in [5.74, 6) is 0.674. The zero-order chi connectivity index (χ0) is 23.2. The SMILES string of the molecule is CC1Cc2c(Cl)c(Cc3ccc(C(C)C)cc3)cc([C@@H]3O[C@H](CO)[C@@H](O)[C@H](C)[C@H]3O)c2O1. The van der Waals surface area contributed by atoms with Gasteiger partial charge in [0.05, 0.1) is 23.8 Å². The Balaban J connectivity index is 1.74. The van der Waals surface area contributed by atoms with Crippen molar-refractivity contribution in [3.8, 4) is 5.75 Å². The average Bonchev–Trinajstić information content (AvgIpc) is 3.17. The molecule has 32 heavy (non-hydrogen) atoms. The van der Waals surface area contributed by atoms with E-state index in [9.17, 15) is 15.3 Å². The van der Waals surface area contributed by atoms with E-state index in [1.807, 2.05) is 13.0 Å². The molecule has 2 aromatic rings. The highest BCUT2D eigenvalue weighted by Gasteiger charge is 2.44. The van der Waals surface area contributed by atoms with Crippen LogP contribution in [0.1, 0.15) is 67.5 Å². The molecule has 1 fully saturated rings. The second kappa shape index (κ2) is 9.32. The molecule has 2 aromatic carbocycles. The van der Waals surface area contributed by atoms with Gasteiger partial charge in [0.15, 0.2) is 0 Å². The summed E-state index contributed by atoms with van der Waals surface area (Å²) >= 11 is 6.84. The van der Waals surface area contributed by atoms with Crippen LogP contribution in [0.5, 0.6) is 5.75 Å². The second-order valence-corrected chi connectivity index (χ2v) is 9.95. The molecule has 2 aliphatic heterocycles. The van der Waals surface area contributed by atoms with E-state index in [1.165, 1.54) is 5.56 Å². The van der Waals surface area contributed by atoms with Gasteiger partial charge in [0.2, 0.25) is 0 Å². The number of halogens is 1. The highest BCUT2D eigenvalue weighted by Crippen LogP contribution is 2.47. The molecule has 2 aliphatic rings. The number of aliphatic hydroxyl groups is 3. The standard InChI is InChI=1S/C26H33ClO5/c1-13(2)17-7-5-16(6-8-17)10-18-11-20(25-19(22(18)27)9-14(3)31-25)26-24(30)15(4)23(29)21(12-28)32-26/h5-8,11,13-15,21,23-24,26,28-30H,9-10,12H2,1-4H3/t14?,15-,21+,23-,24+,26-/m0/s1. The predicted molar refractivity (Wildman–Crippen MR) is 124 cm³/mol. The van der Waals surface area contributed by atoms with Gasteiger partial charge in [-0.1, -0.05) is 56.6 Å². The van der Waals surface area contributed by atoms with E-state index >= 15 is 0 Å². The molecule has 0 amide bonds. The Morgan fingerprint density at radius 3 is 2.41 bits per heavy atom. The van der Waals surface area contributed by atoms with Crippen LogP contribution in [0.4, 0.5) is 0 Å². The molecule has 5 nitrogen and oxygen atoms in total. The van der Waals surface area contributed by atoms with Crippen molar-refractivity contribution in [3.63, 3.8) is 0 Å². The Labute approximate surface area is 194 Å². The van der Waals surface area contributed by atoms with Gasteiger partial charge in [-0.05, 0) is 42.0 Å². The summed E-state index contributed by atoms with van der Waals surface area (Å²) < 4.78 is 12.1. The lowest BCUT2D eigenvalue weighted by atomic mass is 9.83. The monoisotopic (exact) mass is 460 g/mol. The molecule has 6 heteroatoms. The Bertz CT molecular complexity index is 956. The molecule has 4 rings (SSSR count). The first-order valence-corrected chi connectivity index (χ1v) is 11.8. The van der Waals surface area contributed by atoms with Crippen LogP contribution in [-0.4, -0.2) is 46.3 Å². The van der Waals surface area contributed by atoms with Gasteiger partial charge in [0, 0.05) is 23.5 Å². The lowest BCUT2D eigenvalue weighted by molar-refractivity contribution is -0.208. The van der Waals surface area contributed by atoms with Crippen molar-refractivity contribution in [2.75, 3.05) is 6.61 Å². The van der Waals surface area contributed by atoms with Gasteiger partial charge in [-0.2, -0.15) is 0 Å². The van der Waals surface area contributed by atoms with Gasteiger partial charge in [-0.15, -0.1) is 0 Å². The van der Waals surface area contributed by atoms with Crippen LogP contribution < -0.4 is 4.74 Å². The van der Waals surface area contributed by atoms with Crippen LogP contribution in [-0.2, 0) is 17.6 Å². The summed E-state index contributed by atoms with van der Waals surface area (Å²) in [6.45, 7) is 7.78. The number of benzene rings is 2. The Morgan fingerprint density at radius 2 is 1.78 bits per heavy atom. The van der Waals surface area contributed by atoms with Gasteiger partial charge in [-0.3, -0.25) is 0 Å². The Kier molecular flexibility index (Phi) is 6.85. The van der Waals surface area contributed by atoms with Crippen LogP contribution in [0, 0.1) is 5.92 Å². The smallest absolute Gasteiger partial charge is 0.130 e. The third kappa shape index (κ3) is 4.29. The fraction of sp³-hybridized carbons (Fsp3) is 0.538. The normalized spacial score (nSPS) is 29.8. The molecule has 6 atom stereocenters. The molecular weight excluding hydrogens is 428 g/mol. The number of ether oxygens (including phenoxy) is 2. The predicted octanol–water partition coefficient (Wildman–Crippen LogP) is 4.17. The van der Waals surface area contributed by atoms with Gasteiger partial charge < -0.3 is 24.8 Å². The Morgan fingerprint density at radius 1 is 1.09 bits per heavy atom. The number of aliphatic hydroxyl groups excluding tert-OH is 3. The number of hydrogen-bond donors (Lipinski definition) is 3. The van der Waals surface area contributed by atoms with Crippen LogP contribution in [0.15, 0.2) is 30.3 Å². The van der Waals surface area contributed by atoms with E-state index in [4.69, 9.17) is 21.1 Å². The molecule has 3 N–H and O–H groups in total. The van der Waals surface area contributed by atoms with E-state index in [-0.39, 0.29) is 12.7 Å². The first-order valence-electron chi connectivity index (χ1n) is 11.4. The molecule has 1 saturated heterocycles. The third-order valence-corrected chi connectivity index (χ3v) is 7.31. The summed E-state index contributed by atoms with van der Waals surface area (Å²) in [5.41, 5.74) is 5.05. The zero-order valence-corrected chi connectivity index (χ0v) is 19.8. The summed E-state index contributed by atoms with van der Waals surface area (Å²) in [6, 6.07) is 10.5. The molecule has 0 saturated carbocycles. The minimum atomic E-state index is -0.939. The fourth-order valence-electron chi connectivity index (χ4n) is 4.79. The molecule has 0 bridgehead atoms. The van der Waals surface area contributed by atoms with Crippen LogP contribution in [0.25, 0.3) is 0 Å². The van der Waals surface area contributed by atoms with Crippen molar-refractivity contribution < 1.29 is 24.8 Å². The molecular formula is C26H33ClO5. The molecule has 0 radical (unpaired) electrons. The maximum absolute atomic E-state index is 10.9. The van der Waals surface area contributed by atoms with Crippen molar-refractivity contribution in [1.29, 1.82) is 0 Å². The van der Waals surface area contributed by atoms with Crippen LogP contribution in [0.3, 0.4) is 0 Å². The largest absolute Gasteiger partial charge is 0.490 e. The molecule has 0 spiro atoms. The van der Waals surface area contributed by atoms with Gasteiger partial charge in [0.25, 0.3) is 0 Å². The van der Waals surface area contributed by atoms with Crippen molar-refractivity contribution >= 4 is 11.6 Å². The van der Waals surface area contributed by atoms with E-state index < -0.39 is 30.3 Å². The van der Waals surface area contributed by atoms with E-state index in [0.29, 0.717) is 29.5 Å². The zero-order valence-electron chi connectivity index (χ0n) is 19.1. The van der Waals surface area contributed by atoms with Crippen LogP contribution >= 0.6 is 11.6 Å². The highest BCUT2D eigenvalue weighted by molar-refractivity contribution is 6.32. The minimum Gasteiger partial charge on any atom is -0.490 e. The highest BCUT2D eigenvalue weighted by atomic mass is 35.5. The lowest BCUT2D eigenvalue weighted by Gasteiger charge is -2.41.